The third-order valence-electron chi connectivity index (χ3n) is 4.68. The lowest BCUT2D eigenvalue weighted by Gasteiger charge is -2.21. The third kappa shape index (κ3) is 8.11. The lowest BCUT2D eigenvalue weighted by molar-refractivity contribution is -0.134. The molecule has 29 heavy (non-hydrogen) atoms. The Morgan fingerprint density at radius 1 is 0.966 bits per heavy atom. The second-order valence-electron chi connectivity index (χ2n) is 7.04. The van der Waals surface area contributed by atoms with Crippen LogP contribution in [-0.2, 0) is 4.79 Å². The number of aliphatic carboxylic acids is 1. The minimum atomic E-state index is -0.833. The lowest BCUT2D eigenvalue weighted by atomic mass is 9.84. The second kappa shape index (κ2) is 12.1. The number of carboxylic acid groups (broad SMARTS) is 1. The smallest absolute Gasteiger partial charge is 0.300 e. The standard InChI is InChI=1S/C21H23NO2S.C2H4O2/c23-21(20(22-24)15-16-7-3-1-4-8-16)17-11-13-19(14-12-17)25-18-9-5-2-6-10-18;1-2(3)4/h2,5-6,9-14,16,24H,1,3-4,7-8,15H2;1H3,(H,3,4). The van der Waals surface area contributed by atoms with Crippen molar-refractivity contribution in [1.29, 1.82) is 0 Å². The van der Waals surface area contributed by atoms with Crippen LogP contribution in [0.1, 0.15) is 55.8 Å². The van der Waals surface area contributed by atoms with E-state index in [-0.39, 0.29) is 11.5 Å². The molecule has 1 saturated carbocycles. The highest BCUT2D eigenvalue weighted by Gasteiger charge is 2.21. The van der Waals surface area contributed by atoms with Crippen LogP contribution in [0.4, 0.5) is 0 Å². The molecule has 5 nitrogen and oxygen atoms in total. The number of nitrogens with zero attached hydrogens (tertiary/aromatic N) is 1. The molecule has 0 unspecified atom stereocenters. The quantitative estimate of drug-likeness (QED) is 0.266. The highest BCUT2D eigenvalue weighted by molar-refractivity contribution is 7.99. The molecule has 6 heteroatoms. The van der Waals surface area contributed by atoms with Gasteiger partial charge >= 0.3 is 0 Å². The zero-order valence-corrected chi connectivity index (χ0v) is 17.4. The van der Waals surface area contributed by atoms with Gasteiger partial charge in [0.2, 0.25) is 5.78 Å². The van der Waals surface area contributed by atoms with Crippen molar-refractivity contribution in [1.82, 2.24) is 0 Å². The summed E-state index contributed by atoms with van der Waals surface area (Å²) >= 11 is 1.66. The molecule has 0 saturated heterocycles. The zero-order chi connectivity index (χ0) is 21.1. The number of carbonyl (C=O) groups excluding carboxylic acids is 1. The van der Waals surface area contributed by atoms with E-state index in [2.05, 4.69) is 17.3 Å². The normalized spacial score (nSPS) is 14.6. The van der Waals surface area contributed by atoms with Gasteiger partial charge in [-0.3, -0.25) is 9.59 Å². The first-order valence-electron chi connectivity index (χ1n) is 9.77. The predicted molar refractivity (Wildman–Crippen MR) is 115 cm³/mol. The lowest BCUT2D eigenvalue weighted by Crippen LogP contribution is -2.20. The predicted octanol–water partition coefficient (Wildman–Crippen LogP) is 5.91. The maximum absolute atomic E-state index is 12.6. The van der Waals surface area contributed by atoms with Crippen LogP contribution in [0.5, 0.6) is 0 Å². The van der Waals surface area contributed by atoms with Crippen LogP contribution in [0.2, 0.25) is 0 Å². The molecule has 1 aliphatic carbocycles. The van der Waals surface area contributed by atoms with Gasteiger partial charge in [0.1, 0.15) is 5.71 Å². The van der Waals surface area contributed by atoms with Crippen molar-refractivity contribution in [3.63, 3.8) is 0 Å². The minimum absolute atomic E-state index is 0.163. The first kappa shape index (κ1) is 22.7. The molecule has 1 fully saturated rings. The number of ketones is 1. The molecular formula is C23H27NO4S. The second-order valence-corrected chi connectivity index (χ2v) is 8.19. The topological polar surface area (TPSA) is 87.0 Å². The van der Waals surface area contributed by atoms with E-state index in [1.165, 1.54) is 19.3 Å². The summed E-state index contributed by atoms with van der Waals surface area (Å²) in [5, 5.41) is 20.0. The van der Waals surface area contributed by atoms with E-state index in [1.54, 1.807) is 11.8 Å². The van der Waals surface area contributed by atoms with Gasteiger partial charge in [-0.05, 0) is 48.7 Å². The molecule has 0 heterocycles. The maximum Gasteiger partial charge on any atom is 0.300 e. The first-order chi connectivity index (χ1) is 14.0. The molecule has 0 aromatic heterocycles. The minimum Gasteiger partial charge on any atom is -0.481 e. The van der Waals surface area contributed by atoms with E-state index in [0.717, 1.165) is 29.6 Å². The number of carbonyl (C=O) groups is 2. The molecule has 0 bridgehead atoms. The Balaban J connectivity index is 0.000000687. The van der Waals surface area contributed by atoms with Gasteiger partial charge in [-0.2, -0.15) is 0 Å². The van der Waals surface area contributed by atoms with Gasteiger partial charge in [0.05, 0.1) is 0 Å². The fourth-order valence-electron chi connectivity index (χ4n) is 3.31. The number of hydrogen-bond acceptors (Lipinski definition) is 5. The molecular weight excluding hydrogens is 386 g/mol. The molecule has 0 aliphatic heterocycles. The summed E-state index contributed by atoms with van der Waals surface area (Å²) in [5.74, 6) is -0.527. The van der Waals surface area contributed by atoms with Gasteiger partial charge in [0, 0.05) is 22.3 Å². The molecule has 154 valence electrons. The number of carboxylic acids is 1. The molecule has 0 radical (unpaired) electrons. The molecule has 0 amide bonds. The monoisotopic (exact) mass is 413 g/mol. The van der Waals surface area contributed by atoms with E-state index in [1.807, 2.05) is 42.5 Å². The molecule has 2 aromatic carbocycles. The Bertz CT molecular complexity index is 809. The van der Waals surface area contributed by atoms with Gasteiger partial charge < -0.3 is 10.3 Å². The summed E-state index contributed by atoms with van der Waals surface area (Å²) < 4.78 is 0. The summed E-state index contributed by atoms with van der Waals surface area (Å²) in [6.45, 7) is 1.08. The average molecular weight is 414 g/mol. The Kier molecular flexibility index (Phi) is 9.44. The van der Waals surface area contributed by atoms with Crippen LogP contribution < -0.4 is 0 Å². The van der Waals surface area contributed by atoms with Crippen molar-refractivity contribution in [2.75, 3.05) is 0 Å². The van der Waals surface area contributed by atoms with Crippen LogP contribution in [0.3, 0.4) is 0 Å². The van der Waals surface area contributed by atoms with Crippen LogP contribution in [0.25, 0.3) is 0 Å². The zero-order valence-electron chi connectivity index (χ0n) is 16.6. The van der Waals surface area contributed by atoms with Crippen LogP contribution >= 0.6 is 11.8 Å². The van der Waals surface area contributed by atoms with Gasteiger partial charge in [0.25, 0.3) is 5.97 Å². The Morgan fingerprint density at radius 2 is 1.52 bits per heavy atom. The molecule has 2 N–H and O–H groups in total. The first-order valence-corrected chi connectivity index (χ1v) is 10.6. The largest absolute Gasteiger partial charge is 0.481 e. The van der Waals surface area contributed by atoms with Crippen molar-refractivity contribution in [3.05, 3.63) is 60.2 Å². The van der Waals surface area contributed by atoms with Gasteiger partial charge in [0.15, 0.2) is 0 Å². The number of hydrogen-bond donors (Lipinski definition) is 2. The summed E-state index contributed by atoms with van der Waals surface area (Å²) in [6.07, 6.45) is 6.52. The van der Waals surface area contributed by atoms with E-state index < -0.39 is 5.97 Å². The van der Waals surface area contributed by atoms with Crippen molar-refractivity contribution in [2.24, 2.45) is 11.1 Å². The summed E-state index contributed by atoms with van der Waals surface area (Å²) in [4.78, 5) is 23.9. The number of Topliss-reactive ketones (excluding diaryl/α,β-unsaturated/α-hetero) is 1. The Labute approximate surface area is 175 Å². The molecule has 0 spiro atoms. The molecule has 1 aliphatic rings. The number of oxime groups is 1. The van der Waals surface area contributed by atoms with E-state index in [0.29, 0.717) is 17.9 Å². The van der Waals surface area contributed by atoms with Gasteiger partial charge in [-0.25, -0.2) is 0 Å². The van der Waals surface area contributed by atoms with Crippen molar-refractivity contribution in [2.45, 2.75) is 55.2 Å². The van der Waals surface area contributed by atoms with E-state index in [9.17, 15) is 10.0 Å². The van der Waals surface area contributed by atoms with Gasteiger partial charge in [-0.15, -0.1) is 0 Å². The third-order valence-corrected chi connectivity index (χ3v) is 5.70. The maximum atomic E-state index is 12.6. The summed E-state index contributed by atoms with van der Waals surface area (Å²) in [5.41, 5.74) is 0.872. The van der Waals surface area contributed by atoms with E-state index in [4.69, 9.17) is 9.90 Å². The fraction of sp³-hybridized carbons (Fsp3) is 0.348. The van der Waals surface area contributed by atoms with Crippen LogP contribution in [0.15, 0.2) is 69.5 Å². The number of benzene rings is 2. The van der Waals surface area contributed by atoms with Crippen LogP contribution in [-0.4, -0.2) is 27.8 Å². The number of rotatable bonds is 6. The fourth-order valence-corrected chi connectivity index (χ4v) is 4.15. The van der Waals surface area contributed by atoms with Crippen molar-refractivity contribution in [3.8, 4) is 0 Å². The van der Waals surface area contributed by atoms with Crippen LogP contribution in [0, 0.1) is 5.92 Å². The summed E-state index contributed by atoms with van der Waals surface area (Å²) in [6, 6.07) is 17.7. The van der Waals surface area contributed by atoms with Crippen molar-refractivity contribution >= 4 is 29.2 Å². The van der Waals surface area contributed by atoms with Crippen molar-refractivity contribution < 1.29 is 19.9 Å². The highest BCUT2D eigenvalue weighted by Crippen LogP contribution is 2.29. The average Bonchev–Trinajstić information content (AvgIpc) is 2.73. The Morgan fingerprint density at radius 3 is 2.07 bits per heavy atom. The highest BCUT2D eigenvalue weighted by atomic mass is 32.2. The van der Waals surface area contributed by atoms with Gasteiger partial charge in [-0.1, -0.05) is 67.2 Å². The summed E-state index contributed by atoms with van der Waals surface area (Å²) in [7, 11) is 0. The van der Waals surface area contributed by atoms with E-state index >= 15 is 0 Å². The SMILES string of the molecule is CC(=O)O.O=C(C(CC1CCCCC1)=NO)c1ccc(Sc2ccccc2)cc1. The molecule has 3 rings (SSSR count). The molecule has 2 aromatic rings. The molecule has 0 atom stereocenters. The Hall–Kier alpha value is -2.60.